The molecule has 0 aliphatic carbocycles. The van der Waals surface area contributed by atoms with Crippen LogP contribution in [0.4, 0.5) is 4.79 Å². The zero-order valence-electron chi connectivity index (χ0n) is 21.9. The Morgan fingerprint density at radius 3 is 2.41 bits per heavy atom. The molecule has 0 spiro atoms. The van der Waals surface area contributed by atoms with Crippen LogP contribution in [-0.4, -0.2) is 47.5 Å². The number of aryl methyl sites for hydroxylation is 1. The maximum atomic E-state index is 13.2. The fraction of sp³-hybridized carbons (Fsp3) is 0.367. The third kappa shape index (κ3) is 6.67. The van der Waals surface area contributed by atoms with Crippen molar-refractivity contribution in [1.29, 1.82) is 0 Å². The van der Waals surface area contributed by atoms with Gasteiger partial charge in [-0.3, -0.25) is 9.59 Å². The van der Waals surface area contributed by atoms with Crippen molar-refractivity contribution in [2.45, 2.75) is 58.2 Å². The van der Waals surface area contributed by atoms with Crippen molar-refractivity contribution in [3.63, 3.8) is 0 Å². The Morgan fingerprint density at radius 2 is 1.65 bits per heavy atom. The van der Waals surface area contributed by atoms with E-state index in [1.807, 2.05) is 70.2 Å². The molecule has 0 aromatic heterocycles. The number of rotatable bonds is 7. The number of carbonyl (C=O) groups excluding carboxylic acids is 3. The van der Waals surface area contributed by atoms with Gasteiger partial charge in [-0.05, 0) is 62.1 Å². The van der Waals surface area contributed by atoms with Crippen LogP contribution < -0.4 is 10.6 Å². The van der Waals surface area contributed by atoms with Gasteiger partial charge in [0.15, 0.2) is 0 Å². The number of carbonyl (C=O) groups is 3. The van der Waals surface area contributed by atoms with Crippen molar-refractivity contribution >= 4 is 28.7 Å². The Labute approximate surface area is 218 Å². The topological polar surface area (TPSA) is 87.7 Å². The molecule has 7 nitrogen and oxygen atoms in total. The highest BCUT2D eigenvalue weighted by molar-refractivity contribution is 5.96. The molecular weight excluding hydrogens is 466 g/mol. The molecule has 3 amide bonds. The molecule has 0 saturated carbocycles. The second-order valence-electron chi connectivity index (χ2n) is 10.6. The molecule has 0 unspecified atom stereocenters. The lowest BCUT2D eigenvalue weighted by Gasteiger charge is -2.40. The first-order valence-corrected chi connectivity index (χ1v) is 12.7. The Balaban J connectivity index is 1.31. The van der Waals surface area contributed by atoms with E-state index in [1.165, 1.54) is 0 Å². The van der Waals surface area contributed by atoms with E-state index in [2.05, 4.69) is 28.8 Å². The minimum absolute atomic E-state index is 0.0832. The third-order valence-electron chi connectivity index (χ3n) is 6.42. The highest BCUT2D eigenvalue weighted by atomic mass is 16.6. The molecule has 0 radical (unpaired) electrons. The Morgan fingerprint density at radius 1 is 0.973 bits per heavy atom. The summed E-state index contributed by atoms with van der Waals surface area (Å²) in [4.78, 5) is 39.4. The van der Waals surface area contributed by atoms with Crippen molar-refractivity contribution < 1.29 is 19.1 Å². The van der Waals surface area contributed by atoms with Crippen molar-refractivity contribution in [1.82, 2.24) is 15.5 Å². The third-order valence-corrected chi connectivity index (χ3v) is 6.42. The minimum atomic E-state index is -0.544. The molecule has 7 heteroatoms. The van der Waals surface area contributed by atoms with E-state index in [0.29, 0.717) is 25.1 Å². The Bertz CT molecular complexity index is 1290. The van der Waals surface area contributed by atoms with Gasteiger partial charge in [0.2, 0.25) is 5.91 Å². The summed E-state index contributed by atoms with van der Waals surface area (Å²) in [6.07, 6.45) is 0.336. The average molecular weight is 502 g/mol. The van der Waals surface area contributed by atoms with Crippen LogP contribution in [0, 0.1) is 0 Å². The molecule has 1 saturated heterocycles. The van der Waals surface area contributed by atoms with Gasteiger partial charge in [0, 0.05) is 25.1 Å². The highest BCUT2D eigenvalue weighted by Crippen LogP contribution is 2.25. The van der Waals surface area contributed by atoms with E-state index in [-0.39, 0.29) is 36.4 Å². The van der Waals surface area contributed by atoms with Gasteiger partial charge in [-0.2, -0.15) is 0 Å². The lowest BCUT2D eigenvalue weighted by atomic mass is 9.98. The molecule has 3 aromatic carbocycles. The predicted molar refractivity (Wildman–Crippen MR) is 144 cm³/mol. The van der Waals surface area contributed by atoms with E-state index in [9.17, 15) is 14.4 Å². The largest absolute Gasteiger partial charge is 0.444 e. The Hall–Kier alpha value is -3.87. The average Bonchev–Trinajstić information content (AvgIpc) is 2.83. The SMILES string of the molecule is C[C@@H](NC(=O)c1ccccc1CCC(=O)NC1CN(C(=O)OC(C)(C)C)C1)c1cccc2ccccc12. The zero-order valence-corrected chi connectivity index (χ0v) is 21.9. The molecule has 0 bridgehead atoms. The van der Waals surface area contributed by atoms with E-state index in [4.69, 9.17) is 4.74 Å². The molecule has 1 atom stereocenters. The van der Waals surface area contributed by atoms with Crippen LogP contribution in [0.5, 0.6) is 0 Å². The lowest BCUT2D eigenvalue weighted by Crippen LogP contribution is -2.61. The lowest BCUT2D eigenvalue weighted by molar-refractivity contribution is -0.123. The summed E-state index contributed by atoms with van der Waals surface area (Å²) in [5.74, 6) is -0.267. The number of nitrogens with zero attached hydrogens (tertiary/aromatic N) is 1. The van der Waals surface area contributed by atoms with Crippen LogP contribution in [0.3, 0.4) is 0 Å². The molecule has 1 aliphatic rings. The molecular formula is C30H35N3O4. The smallest absolute Gasteiger partial charge is 0.410 e. The van der Waals surface area contributed by atoms with E-state index < -0.39 is 5.60 Å². The predicted octanol–water partition coefficient (Wildman–Crippen LogP) is 5.00. The normalized spacial score (nSPS) is 14.5. The van der Waals surface area contributed by atoms with Gasteiger partial charge in [-0.15, -0.1) is 0 Å². The standard InChI is InChI=1S/C30H35N3O4/c1-20(24-15-9-12-21-10-5-7-13-25(21)24)31-28(35)26-14-8-6-11-22(26)16-17-27(34)32-23-18-33(19-23)29(36)37-30(2,3)4/h5-15,20,23H,16-19H2,1-4H3,(H,31,35)(H,32,34)/t20-/m1/s1. The summed E-state index contributed by atoms with van der Waals surface area (Å²) >= 11 is 0. The highest BCUT2D eigenvalue weighted by Gasteiger charge is 2.34. The quantitative estimate of drug-likeness (QED) is 0.477. The van der Waals surface area contributed by atoms with Crippen LogP contribution >= 0.6 is 0 Å². The molecule has 194 valence electrons. The first-order chi connectivity index (χ1) is 17.6. The summed E-state index contributed by atoms with van der Waals surface area (Å²) in [6, 6.07) is 21.4. The zero-order chi connectivity index (χ0) is 26.6. The molecule has 37 heavy (non-hydrogen) atoms. The van der Waals surface area contributed by atoms with Crippen molar-refractivity contribution in [3.05, 3.63) is 83.4 Å². The minimum Gasteiger partial charge on any atom is -0.444 e. The van der Waals surface area contributed by atoms with Crippen molar-refractivity contribution in [2.24, 2.45) is 0 Å². The van der Waals surface area contributed by atoms with Gasteiger partial charge in [0.25, 0.3) is 5.91 Å². The summed E-state index contributed by atoms with van der Waals surface area (Å²) < 4.78 is 5.35. The van der Waals surface area contributed by atoms with Gasteiger partial charge in [-0.25, -0.2) is 4.79 Å². The van der Waals surface area contributed by atoms with Gasteiger partial charge < -0.3 is 20.3 Å². The van der Waals surface area contributed by atoms with Gasteiger partial charge >= 0.3 is 6.09 Å². The molecule has 1 heterocycles. The second-order valence-corrected chi connectivity index (χ2v) is 10.6. The first-order valence-electron chi connectivity index (χ1n) is 12.7. The number of nitrogens with one attached hydrogen (secondary N) is 2. The molecule has 1 aliphatic heterocycles. The second kappa shape index (κ2) is 11.0. The number of likely N-dealkylation sites (tertiary alicyclic amines) is 1. The number of hydrogen-bond donors (Lipinski definition) is 2. The van der Waals surface area contributed by atoms with Crippen LogP contribution in [0.25, 0.3) is 10.8 Å². The summed E-state index contributed by atoms with van der Waals surface area (Å²) in [5, 5.41) is 8.34. The summed E-state index contributed by atoms with van der Waals surface area (Å²) in [7, 11) is 0. The van der Waals surface area contributed by atoms with Gasteiger partial charge in [-0.1, -0.05) is 60.7 Å². The monoisotopic (exact) mass is 501 g/mol. The van der Waals surface area contributed by atoms with E-state index >= 15 is 0 Å². The van der Waals surface area contributed by atoms with Crippen LogP contribution in [0.15, 0.2) is 66.7 Å². The van der Waals surface area contributed by atoms with E-state index in [0.717, 1.165) is 21.9 Å². The van der Waals surface area contributed by atoms with Crippen LogP contribution in [0.1, 0.15) is 61.6 Å². The van der Waals surface area contributed by atoms with Crippen molar-refractivity contribution in [3.8, 4) is 0 Å². The van der Waals surface area contributed by atoms with Crippen LogP contribution in [0.2, 0.25) is 0 Å². The number of amides is 3. The fourth-order valence-electron chi connectivity index (χ4n) is 4.53. The summed E-state index contributed by atoms with van der Waals surface area (Å²) in [5.41, 5.74) is 1.91. The van der Waals surface area contributed by atoms with Crippen molar-refractivity contribution in [2.75, 3.05) is 13.1 Å². The molecule has 1 fully saturated rings. The Kier molecular flexibility index (Phi) is 7.81. The summed E-state index contributed by atoms with van der Waals surface area (Å²) in [6.45, 7) is 8.33. The molecule has 3 aromatic rings. The maximum Gasteiger partial charge on any atom is 0.410 e. The van der Waals surface area contributed by atoms with E-state index in [1.54, 1.807) is 11.0 Å². The number of hydrogen-bond acceptors (Lipinski definition) is 4. The van der Waals surface area contributed by atoms with Gasteiger partial charge in [0.05, 0.1) is 12.1 Å². The number of fused-ring (bicyclic) bond motifs is 1. The molecule has 4 rings (SSSR count). The fourth-order valence-corrected chi connectivity index (χ4v) is 4.53. The maximum absolute atomic E-state index is 13.2. The number of benzene rings is 3. The van der Waals surface area contributed by atoms with Gasteiger partial charge in [0.1, 0.15) is 5.60 Å². The number of ether oxygens (including phenoxy) is 1. The first kappa shape index (κ1) is 26.2. The molecule has 2 N–H and O–H groups in total. The van der Waals surface area contributed by atoms with Crippen LogP contribution in [-0.2, 0) is 16.0 Å².